The number of hydrogen-bond donors (Lipinski definition) is 1. The van der Waals surface area contributed by atoms with Crippen molar-refractivity contribution in [3.05, 3.63) is 0 Å². The van der Waals surface area contributed by atoms with Crippen LogP contribution in [-0.4, -0.2) is 28.8 Å². The highest BCUT2D eigenvalue weighted by Crippen LogP contribution is 2.24. The molecule has 1 rings (SSSR count). The summed E-state index contributed by atoms with van der Waals surface area (Å²) in [5.41, 5.74) is 6.22. The molecular weight excluding hydrogens is 276 g/mol. The lowest BCUT2D eigenvalue weighted by atomic mass is 9.89. The maximum absolute atomic E-state index is 12.6. The topological polar surface area (TPSA) is 63.4 Å². The molecular formula is C18H34N2O2. The third kappa shape index (κ3) is 6.07. The third-order valence-corrected chi connectivity index (χ3v) is 4.64. The molecule has 0 aromatic rings. The molecule has 2 unspecified atom stereocenters. The molecule has 1 saturated carbocycles. The van der Waals surface area contributed by atoms with Gasteiger partial charge in [-0.2, -0.15) is 0 Å². The Morgan fingerprint density at radius 3 is 1.86 bits per heavy atom. The molecule has 1 fully saturated rings. The van der Waals surface area contributed by atoms with Crippen LogP contribution in [-0.2, 0) is 9.59 Å². The van der Waals surface area contributed by atoms with Crippen molar-refractivity contribution < 1.29 is 9.59 Å². The molecule has 1 aliphatic rings. The summed E-state index contributed by atoms with van der Waals surface area (Å²) in [7, 11) is 0. The lowest BCUT2D eigenvalue weighted by Crippen LogP contribution is -2.54. The Morgan fingerprint density at radius 1 is 0.909 bits per heavy atom. The van der Waals surface area contributed by atoms with E-state index in [4.69, 9.17) is 5.73 Å². The minimum Gasteiger partial charge on any atom is -0.326 e. The van der Waals surface area contributed by atoms with E-state index in [0.717, 1.165) is 64.2 Å². The molecule has 0 heterocycles. The normalized spacial score (nSPS) is 21.6. The Labute approximate surface area is 135 Å². The lowest BCUT2D eigenvalue weighted by molar-refractivity contribution is -0.149. The summed E-state index contributed by atoms with van der Waals surface area (Å²) < 4.78 is 0. The molecule has 128 valence electrons. The van der Waals surface area contributed by atoms with Crippen LogP contribution < -0.4 is 5.73 Å². The first-order valence-corrected chi connectivity index (χ1v) is 9.22. The molecule has 0 aromatic heterocycles. The number of hydrogen-bond acceptors (Lipinski definition) is 3. The molecule has 0 saturated heterocycles. The maximum atomic E-state index is 12.6. The van der Waals surface area contributed by atoms with Crippen molar-refractivity contribution in [3.8, 4) is 0 Å². The summed E-state index contributed by atoms with van der Waals surface area (Å²) in [6.45, 7) is 4.24. The summed E-state index contributed by atoms with van der Waals surface area (Å²) in [6.07, 6.45) is 10.9. The number of amides is 2. The summed E-state index contributed by atoms with van der Waals surface area (Å²) in [5, 5.41) is 0. The molecule has 2 N–H and O–H groups in total. The molecule has 1 aliphatic carbocycles. The lowest BCUT2D eigenvalue weighted by Gasteiger charge is -2.37. The minimum atomic E-state index is -0.0722. The van der Waals surface area contributed by atoms with E-state index in [2.05, 4.69) is 13.8 Å². The van der Waals surface area contributed by atoms with Gasteiger partial charge in [0.05, 0.1) is 6.04 Å². The van der Waals surface area contributed by atoms with Crippen molar-refractivity contribution in [2.75, 3.05) is 0 Å². The van der Waals surface area contributed by atoms with Gasteiger partial charge in [-0.3, -0.25) is 14.5 Å². The van der Waals surface area contributed by atoms with E-state index in [9.17, 15) is 9.59 Å². The zero-order chi connectivity index (χ0) is 16.4. The zero-order valence-corrected chi connectivity index (χ0v) is 14.5. The van der Waals surface area contributed by atoms with E-state index in [-0.39, 0.29) is 23.9 Å². The quantitative estimate of drug-likeness (QED) is 0.659. The number of unbranched alkanes of at least 4 members (excludes halogenated alkanes) is 4. The van der Waals surface area contributed by atoms with Crippen LogP contribution in [0.25, 0.3) is 0 Å². The number of imide groups is 1. The maximum Gasteiger partial charge on any atom is 0.229 e. The Hall–Kier alpha value is -0.900. The van der Waals surface area contributed by atoms with Gasteiger partial charge >= 0.3 is 0 Å². The molecule has 0 aliphatic heterocycles. The summed E-state index contributed by atoms with van der Waals surface area (Å²) in [6, 6.07) is -0.115. The summed E-state index contributed by atoms with van der Waals surface area (Å²) in [4.78, 5) is 26.7. The van der Waals surface area contributed by atoms with Gasteiger partial charge in [-0.05, 0) is 25.7 Å². The van der Waals surface area contributed by atoms with Crippen molar-refractivity contribution in [2.24, 2.45) is 5.73 Å². The van der Waals surface area contributed by atoms with Crippen LogP contribution in [0.3, 0.4) is 0 Å². The molecule has 0 bridgehead atoms. The van der Waals surface area contributed by atoms with Gasteiger partial charge in [0.25, 0.3) is 0 Å². The van der Waals surface area contributed by atoms with E-state index in [1.165, 1.54) is 0 Å². The Bertz CT molecular complexity index is 322. The second-order valence-corrected chi connectivity index (χ2v) is 6.59. The second kappa shape index (κ2) is 10.8. The first-order valence-electron chi connectivity index (χ1n) is 9.22. The van der Waals surface area contributed by atoms with Crippen LogP contribution in [0.2, 0.25) is 0 Å². The van der Waals surface area contributed by atoms with Crippen molar-refractivity contribution in [2.45, 2.75) is 103 Å². The van der Waals surface area contributed by atoms with E-state index in [1.807, 2.05) is 0 Å². The van der Waals surface area contributed by atoms with Crippen molar-refractivity contribution in [1.82, 2.24) is 4.90 Å². The van der Waals surface area contributed by atoms with Crippen LogP contribution in [0.5, 0.6) is 0 Å². The van der Waals surface area contributed by atoms with Gasteiger partial charge in [0.15, 0.2) is 0 Å². The average Bonchev–Trinajstić information content (AvgIpc) is 2.50. The van der Waals surface area contributed by atoms with Crippen LogP contribution in [0.4, 0.5) is 0 Å². The van der Waals surface area contributed by atoms with Crippen LogP contribution in [0, 0.1) is 0 Å². The largest absolute Gasteiger partial charge is 0.326 e. The predicted molar refractivity (Wildman–Crippen MR) is 90.4 cm³/mol. The highest BCUT2D eigenvalue weighted by molar-refractivity contribution is 5.95. The number of nitrogens with zero attached hydrogens (tertiary/aromatic N) is 1. The van der Waals surface area contributed by atoms with Crippen LogP contribution in [0.1, 0.15) is 90.9 Å². The van der Waals surface area contributed by atoms with Gasteiger partial charge in [-0.1, -0.05) is 52.4 Å². The molecule has 0 radical (unpaired) electrons. The van der Waals surface area contributed by atoms with Gasteiger partial charge in [-0.25, -0.2) is 0 Å². The zero-order valence-electron chi connectivity index (χ0n) is 14.5. The molecule has 4 nitrogen and oxygen atoms in total. The summed E-state index contributed by atoms with van der Waals surface area (Å²) >= 11 is 0. The van der Waals surface area contributed by atoms with Gasteiger partial charge in [0, 0.05) is 18.9 Å². The van der Waals surface area contributed by atoms with E-state index in [0.29, 0.717) is 12.8 Å². The van der Waals surface area contributed by atoms with E-state index < -0.39 is 0 Å². The standard InChI is InChI=1S/C18H34N2O2/c1-3-5-7-13-17(21)20(18(22)14-8-6-4-2)16-12-10-9-11-15(16)19/h15-16H,3-14,19H2,1-2H3. The molecule has 2 atom stereocenters. The third-order valence-electron chi connectivity index (χ3n) is 4.64. The monoisotopic (exact) mass is 310 g/mol. The van der Waals surface area contributed by atoms with Gasteiger partial charge < -0.3 is 5.73 Å². The molecule has 0 spiro atoms. The number of carbonyl (C=O) groups is 2. The van der Waals surface area contributed by atoms with Gasteiger partial charge in [0.1, 0.15) is 0 Å². The highest BCUT2D eigenvalue weighted by atomic mass is 16.2. The second-order valence-electron chi connectivity index (χ2n) is 6.59. The SMILES string of the molecule is CCCCCC(=O)N(C(=O)CCCCC)C1CCCCC1N. The number of rotatable bonds is 9. The van der Waals surface area contributed by atoms with E-state index in [1.54, 1.807) is 4.90 Å². The first kappa shape index (κ1) is 19.1. The number of nitrogens with two attached hydrogens (primary N) is 1. The van der Waals surface area contributed by atoms with Crippen LogP contribution in [0.15, 0.2) is 0 Å². The Morgan fingerprint density at radius 2 is 1.41 bits per heavy atom. The minimum absolute atomic E-state index is 0.00250. The fourth-order valence-corrected chi connectivity index (χ4v) is 3.26. The Balaban J connectivity index is 2.70. The van der Waals surface area contributed by atoms with E-state index >= 15 is 0 Å². The van der Waals surface area contributed by atoms with Crippen molar-refractivity contribution in [1.29, 1.82) is 0 Å². The van der Waals surface area contributed by atoms with Crippen molar-refractivity contribution >= 4 is 11.8 Å². The average molecular weight is 310 g/mol. The van der Waals surface area contributed by atoms with Crippen LogP contribution >= 0.6 is 0 Å². The fourth-order valence-electron chi connectivity index (χ4n) is 3.26. The smallest absolute Gasteiger partial charge is 0.229 e. The molecule has 22 heavy (non-hydrogen) atoms. The van der Waals surface area contributed by atoms with Gasteiger partial charge in [-0.15, -0.1) is 0 Å². The Kier molecular flexibility index (Phi) is 9.37. The first-order chi connectivity index (χ1) is 10.6. The highest BCUT2D eigenvalue weighted by Gasteiger charge is 2.34. The molecule has 0 aromatic carbocycles. The molecule has 2 amide bonds. The number of carbonyl (C=O) groups excluding carboxylic acids is 2. The predicted octanol–water partition coefficient (Wildman–Crippen LogP) is 3.77. The summed E-state index contributed by atoms with van der Waals surface area (Å²) in [5.74, 6) is -0.00500. The molecule has 4 heteroatoms. The fraction of sp³-hybridized carbons (Fsp3) is 0.889. The van der Waals surface area contributed by atoms with Gasteiger partial charge in [0.2, 0.25) is 11.8 Å². The van der Waals surface area contributed by atoms with Crippen molar-refractivity contribution in [3.63, 3.8) is 0 Å².